The van der Waals surface area contributed by atoms with Gasteiger partial charge in [-0.15, -0.1) is 0 Å². The van der Waals surface area contributed by atoms with Gasteiger partial charge in [0.2, 0.25) is 0 Å². The van der Waals surface area contributed by atoms with E-state index in [9.17, 15) is 0 Å². The summed E-state index contributed by atoms with van der Waals surface area (Å²) in [6.45, 7) is 1.48. The van der Waals surface area contributed by atoms with Crippen molar-refractivity contribution in [2.24, 2.45) is 5.73 Å². The van der Waals surface area contributed by atoms with E-state index >= 15 is 0 Å². The summed E-state index contributed by atoms with van der Waals surface area (Å²) in [7, 11) is 0. The number of hydrogen-bond acceptors (Lipinski definition) is 2. The molecule has 0 atom stereocenters. The van der Waals surface area contributed by atoms with E-state index in [2.05, 4.69) is 53.1 Å². The molecule has 0 aliphatic heterocycles. The van der Waals surface area contributed by atoms with Gasteiger partial charge in [0.05, 0.1) is 11.0 Å². The number of nitrogens with zero attached hydrogens (tertiary/aromatic N) is 2. The Balaban J connectivity index is 1.75. The van der Waals surface area contributed by atoms with Gasteiger partial charge < -0.3 is 10.3 Å². The zero-order valence-electron chi connectivity index (χ0n) is 12.0. The molecule has 0 bridgehead atoms. The van der Waals surface area contributed by atoms with Gasteiger partial charge in [-0.05, 0) is 36.1 Å². The Bertz CT molecular complexity index is 767. The first-order chi connectivity index (χ1) is 10.3. The standard InChI is InChI=1S/C18H19N3/c19-11-13-5-7-14(8-6-13)12-21-17-4-2-1-3-16(17)20-18(21)15-9-10-15/h1-8,15H,9-12,19H2. The first-order valence-electron chi connectivity index (χ1n) is 7.58. The molecule has 2 N–H and O–H groups in total. The molecule has 0 spiro atoms. The van der Waals surface area contributed by atoms with Crippen LogP contribution in [-0.4, -0.2) is 9.55 Å². The van der Waals surface area contributed by atoms with Gasteiger partial charge in [-0.25, -0.2) is 4.98 Å². The minimum atomic E-state index is 0.599. The monoisotopic (exact) mass is 277 g/mol. The third-order valence-corrected chi connectivity index (χ3v) is 4.23. The fourth-order valence-corrected chi connectivity index (χ4v) is 2.88. The molecule has 1 fully saturated rings. The van der Waals surface area contributed by atoms with Crippen LogP contribution in [0.25, 0.3) is 11.0 Å². The minimum absolute atomic E-state index is 0.599. The van der Waals surface area contributed by atoms with Crippen LogP contribution in [0.1, 0.15) is 35.7 Å². The van der Waals surface area contributed by atoms with E-state index in [0.717, 1.165) is 12.1 Å². The number of rotatable bonds is 4. The molecular formula is C18H19N3. The van der Waals surface area contributed by atoms with Crippen LogP contribution in [0.15, 0.2) is 48.5 Å². The van der Waals surface area contributed by atoms with E-state index in [1.165, 1.54) is 35.3 Å². The smallest absolute Gasteiger partial charge is 0.113 e. The van der Waals surface area contributed by atoms with E-state index in [4.69, 9.17) is 10.7 Å². The third kappa shape index (κ3) is 2.34. The Kier molecular flexibility index (Phi) is 3.00. The Hall–Kier alpha value is -2.13. The van der Waals surface area contributed by atoms with Crippen molar-refractivity contribution in [1.29, 1.82) is 0 Å². The number of nitrogens with two attached hydrogens (primary N) is 1. The van der Waals surface area contributed by atoms with Crippen molar-refractivity contribution in [2.45, 2.75) is 31.8 Å². The van der Waals surface area contributed by atoms with E-state index in [0.29, 0.717) is 12.5 Å². The van der Waals surface area contributed by atoms with Gasteiger partial charge >= 0.3 is 0 Å². The molecule has 0 saturated heterocycles. The predicted molar refractivity (Wildman–Crippen MR) is 85.1 cm³/mol. The Morgan fingerprint density at radius 1 is 1.00 bits per heavy atom. The predicted octanol–water partition coefficient (Wildman–Crippen LogP) is 3.42. The van der Waals surface area contributed by atoms with Crippen LogP contribution in [0.5, 0.6) is 0 Å². The van der Waals surface area contributed by atoms with Gasteiger partial charge in [0.15, 0.2) is 0 Å². The van der Waals surface area contributed by atoms with Crippen LogP contribution in [-0.2, 0) is 13.1 Å². The number of hydrogen-bond donors (Lipinski definition) is 1. The van der Waals surface area contributed by atoms with Crippen LogP contribution in [0.4, 0.5) is 0 Å². The van der Waals surface area contributed by atoms with Crippen molar-refractivity contribution in [3.63, 3.8) is 0 Å². The zero-order chi connectivity index (χ0) is 14.2. The van der Waals surface area contributed by atoms with Crippen LogP contribution in [0, 0.1) is 0 Å². The third-order valence-electron chi connectivity index (χ3n) is 4.23. The highest BCUT2D eigenvalue weighted by molar-refractivity contribution is 5.76. The molecule has 106 valence electrons. The van der Waals surface area contributed by atoms with E-state index < -0.39 is 0 Å². The first-order valence-corrected chi connectivity index (χ1v) is 7.58. The molecule has 1 aliphatic rings. The highest BCUT2D eigenvalue weighted by atomic mass is 15.1. The number of fused-ring (bicyclic) bond motifs is 1. The maximum Gasteiger partial charge on any atom is 0.113 e. The number of imidazole rings is 1. The molecule has 1 aliphatic carbocycles. The fourth-order valence-electron chi connectivity index (χ4n) is 2.88. The molecule has 1 aromatic heterocycles. The van der Waals surface area contributed by atoms with Gasteiger partial charge in [0.1, 0.15) is 5.82 Å². The molecule has 2 aromatic carbocycles. The Labute approximate surface area is 124 Å². The van der Waals surface area contributed by atoms with Crippen LogP contribution < -0.4 is 5.73 Å². The first kappa shape index (κ1) is 12.6. The molecule has 1 saturated carbocycles. The summed E-state index contributed by atoms with van der Waals surface area (Å²) >= 11 is 0. The molecule has 0 amide bonds. The second-order valence-electron chi connectivity index (χ2n) is 5.84. The quantitative estimate of drug-likeness (QED) is 0.794. The summed E-state index contributed by atoms with van der Waals surface area (Å²) < 4.78 is 2.38. The summed E-state index contributed by atoms with van der Waals surface area (Å²) in [4.78, 5) is 4.85. The number of aromatic nitrogens is 2. The topological polar surface area (TPSA) is 43.8 Å². The maximum absolute atomic E-state index is 5.67. The Morgan fingerprint density at radius 2 is 1.71 bits per heavy atom. The van der Waals surface area contributed by atoms with E-state index in [1.807, 2.05) is 0 Å². The van der Waals surface area contributed by atoms with Crippen LogP contribution in [0.2, 0.25) is 0 Å². The van der Waals surface area contributed by atoms with Crippen LogP contribution in [0.3, 0.4) is 0 Å². The molecule has 21 heavy (non-hydrogen) atoms. The summed E-state index contributed by atoms with van der Waals surface area (Å²) in [5, 5.41) is 0. The molecule has 3 heteroatoms. The SMILES string of the molecule is NCc1ccc(Cn2c(C3CC3)nc3ccccc32)cc1. The number of benzene rings is 2. The van der Waals surface area contributed by atoms with Crippen molar-refractivity contribution < 1.29 is 0 Å². The van der Waals surface area contributed by atoms with E-state index in [-0.39, 0.29) is 0 Å². The second kappa shape index (κ2) is 5.01. The van der Waals surface area contributed by atoms with Crippen molar-refractivity contribution >= 4 is 11.0 Å². The Morgan fingerprint density at radius 3 is 2.43 bits per heavy atom. The van der Waals surface area contributed by atoms with Gasteiger partial charge in [-0.2, -0.15) is 0 Å². The average molecular weight is 277 g/mol. The van der Waals surface area contributed by atoms with Crippen molar-refractivity contribution in [1.82, 2.24) is 9.55 Å². The van der Waals surface area contributed by atoms with Crippen molar-refractivity contribution in [2.75, 3.05) is 0 Å². The highest BCUT2D eigenvalue weighted by Crippen LogP contribution is 2.40. The molecule has 3 aromatic rings. The lowest BCUT2D eigenvalue weighted by Gasteiger charge is -2.09. The van der Waals surface area contributed by atoms with Gasteiger partial charge in [0.25, 0.3) is 0 Å². The largest absolute Gasteiger partial charge is 0.326 e. The zero-order valence-corrected chi connectivity index (χ0v) is 12.0. The summed E-state index contributed by atoms with van der Waals surface area (Å²) in [6.07, 6.45) is 2.55. The maximum atomic E-state index is 5.67. The van der Waals surface area contributed by atoms with E-state index in [1.54, 1.807) is 0 Å². The lowest BCUT2D eigenvalue weighted by Crippen LogP contribution is -2.04. The van der Waals surface area contributed by atoms with Gasteiger partial charge in [-0.1, -0.05) is 36.4 Å². The van der Waals surface area contributed by atoms with Gasteiger partial charge in [0, 0.05) is 19.0 Å². The molecule has 0 radical (unpaired) electrons. The molecule has 4 rings (SSSR count). The minimum Gasteiger partial charge on any atom is -0.326 e. The normalized spacial score (nSPS) is 14.7. The molecule has 0 unspecified atom stereocenters. The molecular weight excluding hydrogens is 258 g/mol. The fraction of sp³-hybridized carbons (Fsp3) is 0.278. The lowest BCUT2D eigenvalue weighted by molar-refractivity contribution is 0.746. The molecule has 1 heterocycles. The summed E-state index contributed by atoms with van der Waals surface area (Å²) in [5.74, 6) is 1.90. The van der Waals surface area contributed by atoms with Crippen LogP contribution >= 0.6 is 0 Å². The number of para-hydroxylation sites is 2. The summed E-state index contributed by atoms with van der Waals surface area (Å²) in [5.41, 5.74) is 10.5. The molecule has 3 nitrogen and oxygen atoms in total. The summed E-state index contributed by atoms with van der Waals surface area (Å²) in [6, 6.07) is 17.0. The van der Waals surface area contributed by atoms with Crippen molar-refractivity contribution in [3.8, 4) is 0 Å². The average Bonchev–Trinajstić information content (AvgIpc) is 3.32. The van der Waals surface area contributed by atoms with Gasteiger partial charge in [-0.3, -0.25) is 0 Å². The second-order valence-corrected chi connectivity index (χ2v) is 5.84. The highest BCUT2D eigenvalue weighted by Gasteiger charge is 2.29. The lowest BCUT2D eigenvalue weighted by atomic mass is 10.1. The van der Waals surface area contributed by atoms with Crippen molar-refractivity contribution in [3.05, 3.63) is 65.5 Å².